The Morgan fingerprint density at radius 1 is 1.28 bits per heavy atom. The molecule has 0 bridgehead atoms. The number of fused-ring (bicyclic) bond motifs is 1. The molecular weight excluding hydrogens is 434 g/mol. The fraction of sp³-hybridized carbons (Fsp3) is 0.263. The Labute approximate surface area is 177 Å². The van der Waals surface area contributed by atoms with Crippen LogP contribution in [-0.2, 0) is 21.4 Å². The van der Waals surface area contributed by atoms with Gasteiger partial charge >= 0.3 is 4.87 Å². The van der Waals surface area contributed by atoms with Crippen molar-refractivity contribution in [2.24, 2.45) is 0 Å². The highest BCUT2D eigenvalue weighted by Crippen LogP contribution is 2.28. The number of aryl methyl sites for hydroxylation is 1. The molecule has 1 amide bonds. The van der Waals surface area contributed by atoms with Gasteiger partial charge < -0.3 is 5.32 Å². The molecule has 0 aliphatic rings. The normalized spacial score (nSPS) is 11.6. The molecule has 0 atom stereocenters. The van der Waals surface area contributed by atoms with Crippen LogP contribution >= 0.6 is 22.9 Å². The zero-order valence-corrected chi connectivity index (χ0v) is 18.5. The van der Waals surface area contributed by atoms with E-state index < -0.39 is 22.5 Å². The molecular formula is C19H20ClN3O4S2. The fourth-order valence-corrected chi connectivity index (χ4v) is 5.09. The van der Waals surface area contributed by atoms with Gasteiger partial charge in [-0.2, -0.15) is 0 Å². The summed E-state index contributed by atoms with van der Waals surface area (Å²) in [6.45, 7) is 3.75. The van der Waals surface area contributed by atoms with E-state index in [2.05, 4.69) is 5.32 Å². The number of sulfonamides is 1. The Bertz CT molecular complexity index is 1250. The van der Waals surface area contributed by atoms with E-state index in [1.807, 2.05) is 6.92 Å². The number of benzene rings is 2. The van der Waals surface area contributed by atoms with Crippen LogP contribution in [0.25, 0.3) is 10.2 Å². The highest BCUT2D eigenvalue weighted by molar-refractivity contribution is 7.92. The molecule has 0 unspecified atom stereocenters. The molecule has 0 aliphatic heterocycles. The van der Waals surface area contributed by atoms with Crippen molar-refractivity contribution in [3.05, 3.63) is 56.7 Å². The molecule has 10 heteroatoms. The Hall–Kier alpha value is -2.36. The topological polar surface area (TPSA) is 88.5 Å². The Kier molecular flexibility index (Phi) is 6.02. The quantitative estimate of drug-likeness (QED) is 0.619. The lowest BCUT2D eigenvalue weighted by atomic mass is 10.2. The van der Waals surface area contributed by atoms with Crippen molar-refractivity contribution < 1.29 is 13.2 Å². The minimum atomic E-state index is -3.71. The minimum absolute atomic E-state index is 0.0642. The van der Waals surface area contributed by atoms with Crippen molar-refractivity contribution >= 4 is 60.5 Å². The molecule has 0 saturated heterocycles. The van der Waals surface area contributed by atoms with Crippen LogP contribution in [0.2, 0.25) is 5.02 Å². The van der Waals surface area contributed by atoms with Crippen LogP contribution in [0.5, 0.6) is 0 Å². The molecule has 0 fully saturated rings. The largest absolute Gasteiger partial charge is 0.324 e. The van der Waals surface area contributed by atoms with Crippen molar-refractivity contribution in [3.63, 3.8) is 0 Å². The van der Waals surface area contributed by atoms with Crippen LogP contribution in [0.3, 0.4) is 0 Å². The van der Waals surface area contributed by atoms with Crippen LogP contribution in [-0.4, -0.2) is 31.7 Å². The second-order valence-electron chi connectivity index (χ2n) is 6.50. The van der Waals surface area contributed by atoms with Gasteiger partial charge in [-0.1, -0.05) is 29.0 Å². The lowest BCUT2D eigenvalue weighted by Crippen LogP contribution is -2.37. The van der Waals surface area contributed by atoms with Crippen molar-refractivity contribution in [2.45, 2.75) is 20.4 Å². The maximum absolute atomic E-state index is 12.6. The van der Waals surface area contributed by atoms with Crippen molar-refractivity contribution in [1.29, 1.82) is 0 Å². The first-order valence-electron chi connectivity index (χ1n) is 8.78. The molecule has 7 nitrogen and oxygen atoms in total. The third-order valence-corrected chi connectivity index (χ3v) is 6.94. The number of amides is 1. The standard InChI is InChI=1S/C19H20ClN3O4S2/c1-4-22-16-9-8-13(10-17(16)28-19(22)25)21-18(24)11-23(29(3,26)27)15-7-5-6-14(20)12(15)2/h5-10H,4,11H2,1-3H3,(H,21,24). The average molecular weight is 454 g/mol. The van der Waals surface area contributed by atoms with E-state index in [4.69, 9.17) is 11.6 Å². The van der Waals surface area contributed by atoms with Gasteiger partial charge in [0.1, 0.15) is 6.54 Å². The van der Waals surface area contributed by atoms with E-state index in [1.54, 1.807) is 47.9 Å². The molecule has 29 heavy (non-hydrogen) atoms. The summed E-state index contributed by atoms with van der Waals surface area (Å²) in [5, 5.41) is 3.12. The number of nitrogens with one attached hydrogen (secondary N) is 1. The third-order valence-electron chi connectivity index (χ3n) is 4.46. The summed E-state index contributed by atoms with van der Waals surface area (Å²) in [4.78, 5) is 24.5. The molecule has 154 valence electrons. The zero-order chi connectivity index (χ0) is 21.3. The minimum Gasteiger partial charge on any atom is -0.324 e. The first-order valence-corrected chi connectivity index (χ1v) is 11.8. The van der Waals surface area contributed by atoms with Gasteiger partial charge in [0, 0.05) is 17.3 Å². The van der Waals surface area contributed by atoms with E-state index >= 15 is 0 Å². The predicted molar refractivity (Wildman–Crippen MR) is 119 cm³/mol. The van der Waals surface area contributed by atoms with Crippen LogP contribution in [0.4, 0.5) is 11.4 Å². The number of rotatable bonds is 6. The van der Waals surface area contributed by atoms with Gasteiger partial charge in [-0.3, -0.25) is 18.5 Å². The van der Waals surface area contributed by atoms with Gasteiger partial charge in [-0.25, -0.2) is 8.42 Å². The maximum Gasteiger partial charge on any atom is 0.308 e. The zero-order valence-electron chi connectivity index (χ0n) is 16.1. The van der Waals surface area contributed by atoms with E-state index in [0.717, 1.165) is 32.1 Å². The predicted octanol–water partition coefficient (Wildman–Crippen LogP) is 3.45. The monoisotopic (exact) mass is 453 g/mol. The highest BCUT2D eigenvalue weighted by atomic mass is 35.5. The molecule has 1 heterocycles. The molecule has 0 radical (unpaired) electrons. The molecule has 3 rings (SSSR count). The summed E-state index contributed by atoms with van der Waals surface area (Å²) >= 11 is 7.21. The summed E-state index contributed by atoms with van der Waals surface area (Å²) in [6.07, 6.45) is 1.04. The number of carbonyl (C=O) groups excluding carboxylic acids is 1. The number of halogens is 1. The number of hydrogen-bond acceptors (Lipinski definition) is 5. The molecule has 2 aromatic carbocycles. The number of thiazole rings is 1. The van der Waals surface area contributed by atoms with Gasteiger partial charge in [0.25, 0.3) is 0 Å². The van der Waals surface area contributed by atoms with Crippen molar-refractivity contribution in [1.82, 2.24) is 4.57 Å². The third kappa shape index (κ3) is 4.47. The SMILES string of the molecule is CCn1c(=O)sc2cc(NC(=O)CN(c3cccc(Cl)c3C)S(C)(=O)=O)ccc21. The summed E-state index contributed by atoms with van der Waals surface area (Å²) in [5.41, 5.74) is 2.21. The van der Waals surface area contributed by atoms with E-state index in [1.165, 1.54) is 0 Å². The number of hydrogen-bond donors (Lipinski definition) is 1. The number of aromatic nitrogens is 1. The average Bonchev–Trinajstić information content (AvgIpc) is 2.95. The van der Waals surface area contributed by atoms with Crippen LogP contribution in [0.1, 0.15) is 12.5 Å². The lowest BCUT2D eigenvalue weighted by molar-refractivity contribution is -0.114. The number of nitrogens with zero attached hydrogens (tertiary/aromatic N) is 2. The molecule has 1 N–H and O–H groups in total. The Morgan fingerprint density at radius 2 is 2.00 bits per heavy atom. The van der Waals surface area contributed by atoms with Crippen LogP contribution in [0, 0.1) is 6.92 Å². The van der Waals surface area contributed by atoms with Crippen molar-refractivity contribution in [3.8, 4) is 0 Å². The lowest BCUT2D eigenvalue weighted by Gasteiger charge is -2.24. The number of carbonyl (C=O) groups is 1. The fourth-order valence-electron chi connectivity index (χ4n) is 3.02. The highest BCUT2D eigenvalue weighted by Gasteiger charge is 2.23. The molecule has 0 spiro atoms. The van der Waals surface area contributed by atoms with E-state index in [-0.39, 0.29) is 4.87 Å². The van der Waals surface area contributed by atoms with Gasteiger partial charge in [0.05, 0.1) is 22.2 Å². The summed E-state index contributed by atoms with van der Waals surface area (Å²) in [6, 6.07) is 10.1. The summed E-state index contributed by atoms with van der Waals surface area (Å²) in [7, 11) is -3.71. The molecule has 1 aromatic heterocycles. The summed E-state index contributed by atoms with van der Waals surface area (Å²) in [5.74, 6) is -0.503. The van der Waals surface area contributed by atoms with Gasteiger partial charge in [0.2, 0.25) is 15.9 Å². The van der Waals surface area contributed by atoms with E-state index in [9.17, 15) is 18.0 Å². The summed E-state index contributed by atoms with van der Waals surface area (Å²) < 4.78 is 28.0. The molecule has 0 saturated carbocycles. The number of anilines is 2. The first kappa shape index (κ1) is 21.4. The second-order valence-corrected chi connectivity index (χ2v) is 9.80. The van der Waals surface area contributed by atoms with Gasteiger partial charge in [-0.15, -0.1) is 0 Å². The van der Waals surface area contributed by atoms with Crippen LogP contribution < -0.4 is 14.5 Å². The van der Waals surface area contributed by atoms with Crippen LogP contribution in [0.15, 0.2) is 41.2 Å². The smallest absolute Gasteiger partial charge is 0.308 e. The van der Waals surface area contributed by atoms with E-state index in [0.29, 0.717) is 28.5 Å². The van der Waals surface area contributed by atoms with Gasteiger partial charge in [0.15, 0.2) is 0 Å². The Balaban J connectivity index is 1.87. The molecule has 0 aliphatic carbocycles. The Morgan fingerprint density at radius 3 is 2.66 bits per heavy atom. The van der Waals surface area contributed by atoms with Gasteiger partial charge in [-0.05, 0) is 49.7 Å². The maximum atomic E-state index is 12.6. The second kappa shape index (κ2) is 8.17. The molecule has 3 aromatic rings. The van der Waals surface area contributed by atoms with Crippen molar-refractivity contribution in [2.75, 3.05) is 22.4 Å². The first-order chi connectivity index (χ1) is 13.6.